The molecule has 0 aromatic carbocycles. The molecule has 0 saturated heterocycles. The van der Waals surface area contributed by atoms with E-state index in [4.69, 9.17) is 11.5 Å². The number of nitrogens with two attached hydrogens (primary N) is 2. The molecule has 1 heterocycles. The maximum atomic E-state index is 9.24. The van der Waals surface area contributed by atoms with Gasteiger partial charge in [0.05, 0.1) is 5.56 Å². The number of rotatable bonds is 1. The third kappa shape index (κ3) is 1.67. The van der Waals surface area contributed by atoms with Gasteiger partial charge in [-0.05, 0) is 49.1 Å². The van der Waals surface area contributed by atoms with Crippen LogP contribution in [-0.4, -0.2) is 11.0 Å². The Balaban J connectivity index is 2.20. The molecule has 4 heteroatoms. The van der Waals surface area contributed by atoms with Gasteiger partial charge in [0, 0.05) is 11.7 Å². The molecule has 0 amide bonds. The molecule has 4 N–H and O–H groups in total. The third-order valence-electron chi connectivity index (χ3n) is 3.77. The largest absolute Gasteiger partial charge is 0.383 e. The molecule has 1 aromatic heterocycles. The Kier molecular flexibility index (Phi) is 2.30. The van der Waals surface area contributed by atoms with Crippen LogP contribution >= 0.6 is 0 Å². The van der Waals surface area contributed by atoms with Crippen LogP contribution in [0.3, 0.4) is 0 Å². The molecule has 1 fully saturated rings. The van der Waals surface area contributed by atoms with Crippen molar-refractivity contribution in [3.63, 3.8) is 0 Å². The van der Waals surface area contributed by atoms with Gasteiger partial charge in [-0.3, -0.25) is 0 Å². The lowest BCUT2D eigenvalue weighted by molar-refractivity contribution is 0.563. The predicted octanol–water partition coefficient (Wildman–Crippen LogP) is 1.23. The third-order valence-corrected chi connectivity index (χ3v) is 3.77. The van der Waals surface area contributed by atoms with Crippen molar-refractivity contribution >= 4 is 5.82 Å². The van der Waals surface area contributed by atoms with Gasteiger partial charge >= 0.3 is 0 Å². The van der Waals surface area contributed by atoms with Crippen LogP contribution in [0.25, 0.3) is 0 Å². The first-order valence-corrected chi connectivity index (χ1v) is 6.17. The number of nitrogens with zero attached hydrogens (tertiary/aromatic N) is 2. The van der Waals surface area contributed by atoms with Gasteiger partial charge in [0.25, 0.3) is 0 Å². The molecule has 1 saturated carbocycles. The standard InChI is InChI=1S/C13H16N4/c14-6-10-12(7-1-2-7)9-5-8(15)3-4-11(9)17-13(10)16/h7-8H,1-5,15H2,(H2,16,17)/t8-/m1/s1. The van der Waals surface area contributed by atoms with Crippen LogP contribution in [0.15, 0.2) is 0 Å². The second kappa shape index (κ2) is 3.71. The number of hydrogen-bond donors (Lipinski definition) is 2. The topological polar surface area (TPSA) is 88.7 Å². The summed E-state index contributed by atoms with van der Waals surface area (Å²) >= 11 is 0. The normalized spacial score (nSPS) is 22.9. The number of anilines is 1. The summed E-state index contributed by atoms with van der Waals surface area (Å²) in [5.41, 5.74) is 16.0. The first-order chi connectivity index (χ1) is 8.20. The molecule has 1 atom stereocenters. The van der Waals surface area contributed by atoms with Crippen molar-refractivity contribution in [2.75, 3.05) is 5.73 Å². The van der Waals surface area contributed by atoms with E-state index in [-0.39, 0.29) is 6.04 Å². The molecular formula is C13H16N4. The minimum absolute atomic E-state index is 0.206. The summed E-state index contributed by atoms with van der Waals surface area (Å²) in [7, 11) is 0. The predicted molar refractivity (Wildman–Crippen MR) is 65.3 cm³/mol. The molecule has 0 radical (unpaired) electrons. The summed E-state index contributed by atoms with van der Waals surface area (Å²) in [4.78, 5) is 4.39. The van der Waals surface area contributed by atoms with Gasteiger partial charge in [-0.1, -0.05) is 0 Å². The van der Waals surface area contributed by atoms with Crippen molar-refractivity contribution in [1.29, 1.82) is 5.26 Å². The first-order valence-electron chi connectivity index (χ1n) is 6.17. The van der Waals surface area contributed by atoms with Gasteiger partial charge in [-0.2, -0.15) is 5.26 Å². The minimum Gasteiger partial charge on any atom is -0.383 e. The zero-order chi connectivity index (χ0) is 12.0. The molecule has 0 spiro atoms. The van der Waals surface area contributed by atoms with E-state index in [1.807, 2.05) is 0 Å². The Labute approximate surface area is 101 Å². The Hall–Kier alpha value is -1.60. The van der Waals surface area contributed by atoms with E-state index < -0.39 is 0 Å². The van der Waals surface area contributed by atoms with Crippen molar-refractivity contribution in [2.24, 2.45) is 5.73 Å². The molecule has 1 aromatic rings. The lowest BCUT2D eigenvalue weighted by Gasteiger charge is -2.24. The number of nitriles is 1. The smallest absolute Gasteiger partial charge is 0.141 e. The maximum absolute atomic E-state index is 9.24. The minimum atomic E-state index is 0.206. The van der Waals surface area contributed by atoms with E-state index in [0.717, 1.165) is 30.5 Å². The lowest BCUT2D eigenvalue weighted by atomic mass is 9.85. The molecule has 0 unspecified atom stereocenters. The maximum Gasteiger partial charge on any atom is 0.141 e. The lowest BCUT2D eigenvalue weighted by Crippen LogP contribution is -2.30. The summed E-state index contributed by atoms with van der Waals surface area (Å²) in [5, 5.41) is 9.24. The van der Waals surface area contributed by atoms with Gasteiger partial charge in [0.1, 0.15) is 11.9 Å². The van der Waals surface area contributed by atoms with E-state index in [9.17, 15) is 5.26 Å². The van der Waals surface area contributed by atoms with Crippen LogP contribution in [-0.2, 0) is 12.8 Å². The van der Waals surface area contributed by atoms with Gasteiger partial charge in [0.2, 0.25) is 0 Å². The number of pyridine rings is 1. The Morgan fingerprint density at radius 2 is 2.06 bits per heavy atom. The van der Waals surface area contributed by atoms with Crippen LogP contribution in [0.1, 0.15) is 47.6 Å². The van der Waals surface area contributed by atoms with Gasteiger partial charge < -0.3 is 11.5 Å². The number of aromatic nitrogens is 1. The Bertz CT molecular complexity index is 511. The van der Waals surface area contributed by atoms with E-state index in [0.29, 0.717) is 17.3 Å². The van der Waals surface area contributed by atoms with Crippen LogP contribution in [0, 0.1) is 11.3 Å². The summed E-state index contributed by atoms with van der Waals surface area (Å²) in [5.74, 6) is 0.928. The molecule has 4 nitrogen and oxygen atoms in total. The fourth-order valence-corrected chi connectivity index (χ4v) is 2.77. The Morgan fingerprint density at radius 3 is 2.71 bits per heavy atom. The van der Waals surface area contributed by atoms with Crippen molar-refractivity contribution in [3.8, 4) is 6.07 Å². The van der Waals surface area contributed by atoms with Crippen LogP contribution in [0.2, 0.25) is 0 Å². The van der Waals surface area contributed by atoms with Crippen molar-refractivity contribution in [1.82, 2.24) is 4.98 Å². The van der Waals surface area contributed by atoms with Crippen molar-refractivity contribution < 1.29 is 0 Å². The quantitative estimate of drug-likeness (QED) is 0.756. The summed E-state index contributed by atoms with van der Waals surface area (Å²) in [6.45, 7) is 0. The molecule has 0 bridgehead atoms. The molecule has 3 rings (SSSR count). The summed E-state index contributed by atoms with van der Waals surface area (Å²) < 4.78 is 0. The zero-order valence-electron chi connectivity index (χ0n) is 9.74. The average molecular weight is 228 g/mol. The van der Waals surface area contributed by atoms with Crippen LogP contribution in [0.4, 0.5) is 5.82 Å². The number of nitrogen functional groups attached to an aromatic ring is 1. The highest BCUT2D eigenvalue weighted by Crippen LogP contribution is 2.45. The average Bonchev–Trinajstić information content (AvgIpc) is 3.12. The molecule has 0 aliphatic heterocycles. The zero-order valence-corrected chi connectivity index (χ0v) is 9.74. The molecular weight excluding hydrogens is 212 g/mol. The number of hydrogen-bond acceptors (Lipinski definition) is 4. The molecule has 2 aliphatic rings. The second-order valence-electron chi connectivity index (χ2n) is 5.10. The van der Waals surface area contributed by atoms with Gasteiger partial charge in [0.15, 0.2) is 0 Å². The van der Waals surface area contributed by atoms with Gasteiger partial charge in [-0.25, -0.2) is 4.98 Å². The molecule has 88 valence electrons. The highest BCUT2D eigenvalue weighted by Gasteiger charge is 2.33. The fourth-order valence-electron chi connectivity index (χ4n) is 2.77. The highest BCUT2D eigenvalue weighted by atomic mass is 14.9. The molecule has 17 heavy (non-hydrogen) atoms. The fraction of sp³-hybridized carbons (Fsp3) is 0.538. The second-order valence-corrected chi connectivity index (χ2v) is 5.10. The summed E-state index contributed by atoms with van der Waals surface area (Å²) in [6.07, 6.45) is 5.05. The number of fused-ring (bicyclic) bond motifs is 1. The highest BCUT2D eigenvalue weighted by molar-refractivity contribution is 5.60. The monoisotopic (exact) mass is 228 g/mol. The SMILES string of the molecule is N#Cc1c(N)nc2c(c1C1CC1)C[C@H](N)CC2. The summed E-state index contributed by atoms with van der Waals surface area (Å²) in [6, 6.07) is 2.43. The van der Waals surface area contributed by atoms with E-state index in [2.05, 4.69) is 11.1 Å². The van der Waals surface area contributed by atoms with Crippen molar-refractivity contribution in [3.05, 3.63) is 22.4 Å². The van der Waals surface area contributed by atoms with E-state index >= 15 is 0 Å². The van der Waals surface area contributed by atoms with E-state index in [1.54, 1.807) is 0 Å². The van der Waals surface area contributed by atoms with Crippen molar-refractivity contribution in [2.45, 2.75) is 44.1 Å². The van der Waals surface area contributed by atoms with E-state index in [1.165, 1.54) is 18.4 Å². The van der Waals surface area contributed by atoms with Crippen LogP contribution in [0.5, 0.6) is 0 Å². The van der Waals surface area contributed by atoms with Crippen LogP contribution < -0.4 is 11.5 Å². The van der Waals surface area contributed by atoms with Gasteiger partial charge in [-0.15, -0.1) is 0 Å². The molecule has 2 aliphatic carbocycles. The number of aryl methyl sites for hydroxylation is 1. The first kappa shape index (κ1) is 10.5. The Morgan fingerprint density at radius 1 is 1.29 bits per heavy atom.